The van der Waals surface area contributed by atoms with Gasteiger partial charge in [-0.3, -0.25) is 0 Å². The summed E-state index contributed by atoms with van der Waals surface area (Å²) >= 11 is 0. The van der Waals surface area contributed by atoms with Crippen molar-refractivity contribution in [3.8, 4) is 0 Å². The Morgan fingerprint density at radius 3 is 2.71 bits per heavy atom. The van der Waals surface area contributed by atoms with Crippen LogP contribution in [0.1, 0.15) is 12.5 Å². The highest BCUT2D eigenvalue weighted by Gasteiger charge is 2.51. The van der Waals surface area contributed by atoms with Crippen LogP contribution in [0, 0.1) is 0 Å². The van der Waals surface area contributed by atoms with Crippen LogP contribution < -0.4 is 0 Å². The Balaban J connectivity index is 1.58. The lowest BCUT2D eigenvalue weighted by molar-refractivity contribution is 0.320. The van der Waals surface area contributed by atoms with Gasteiger partial charge in [0.05, 0.1) is 5.52 Å². The van der Waals surface area contributed by atoms with Crippen molar-refractivity contribution in [2.45, 2.75) is 18.6 Å². The summed E-state index contributed by atoms with van der Waals surface area (Å²) in [5, 5.41) is 8.27. The van der Waals surface area contributed by atoms with Crippen LogP contribution in [0.2, 0.25) is 0 Å². The van der Waals surface area contributed by atoms with E-state index >= 15 is 0 Å². The molecule has 1 fully saturated rings. The second-order valence-electron chi connectivity index (χ2n) is 5.38. The number of nitrogens with zero attached hydrogens (tertiary/aromatic N) is 3. The zero-order valence-corrected chi connectivity index (χ0v) is 11.7. The molecule has 1 aromatic heterocycles. The number of benzene rings is 2. The summed E-state index contributed by atoms with van der Waals surface area (Å²) in [6.45, 7) is 2.11. The third kappa shape index (κ3) is 2.04. The highest BCUT2D eigenvalue weighted by Crippen LogP contribution is 2.46. The lowest BCUT2D eigenvalue weighted by Gasteiger charge is -2.04. The summed E-state index contributed by atoms with van der Waals surface area (Å²) in [7, 11) is 0. The van der Waals surface area contributed by atoms with Crippen molar-refractivity contribution in [3.05, 3.63) is 66.2 Å². The molecule has 4 nitrogen and oxygen atoms in total. The van der Waals surface area contributed by atoms with Crippen LogP contribution in [0.15, 0.2) is 60.7 Å². The largest absolute Gasteiger partial charge is 0.357 e. The number of fused-ring (bicyclic) bond motifs is 1. The summed E-state index contributed by atoms with van der Waals surface area (Å²) in [4.78, 5) is 0. The number of epoxide rings is 1. The molecule has 0 radical (unpaired) electrons. The molecule has 2 unspecified atom stereocenters. The summed E-state index contributed by atoms with van der Waals surface area (Å²) < 4.78 is 7.63. The zero-order chi connectivity index (χ0) is 14.3. The number of hydrogen-bond donors (Lipinski definition) is 0. The van der Waals surface area contributed by atoms with Gasteiger partial charge in [-0.2, -0.15) is 0 Å². The molecule has 1 aliphatic heterocycles. The van der Waals surface area contributed by atoms with Crippen LogP contribution in [-0.4, -0.2) is 21.1 Å². The van der Waals surface area contributed by atoms with Gasteiger partial charge in [0, 0.05) is 6.20 Å². The maximum atomic E-state index is 5.85. The fourth-order valence-electron chi connectivity index (χ4n) is 2.61. The smallest absolute Gasteiger partial charge is 0.121 e. The molecular weight excluding hydrogens is 262 g/mol. The van der Waals surface area contributed by atoms with E-state index in [1.54, 1.807) is 4.68 Å². The Labute approximate surface area is 122 Å². The minimum Gasteiger partial charge on any atom is -0.357 e. The van der Waals surface area contributed by atoms with Crippen LogP contribution in [0.4, 0.5) is 0 Å². The standard InChI is InChI=1S/C17H15N3O/c1-17(13-7-3-2-4-8-13)16(21-17)11-12-20-15-10-6-5-9-14(15)18-19-20/h2-12,16H,1H3. The highest BCUT2D eigenvalue weighted by molar-refractivity contribution is 5.75. The monoisotopic (exact) mass is 277 g/mol. The fourth-order valence-corrected chi connectivity index (χ4v) is 2.61. The van der Waals surface area contributed by atoms with Gasteiger partial charge in [0.15, 0.2) is 0 Å². The van der Waals surface area contributed by atoms with E-state index in [4.69, 9.17) is 4.74 Å². The summed E-state index contributed by atoms with van der Waals surface area (Å²) in [5.74, 6) is 0. The molecule has 1 aliphatic rings. The van der Waals surface area contributed by atoms with E-state index in [-0.39, 0.29) is 11.7 Å². The summed E-state index contributed by atoms with van der Waals surface area (Å²) in [5.41, 5.74) is 2.86. The molecule has 3 aromatic rings. The maximum Gasteiger partial charge on any atom is 0.121 e. The van der Waals surface area contributed by atoms with Gasteiger partial charge < -0.3 is 4.74 Å². The van der Waals surface area contributed by atoms with Crippen molar-refractivity contribution in [1.29, 1.82) is 0 Å². The van der Waals surface area contributed by atoms with Gasteiger partial charge in [0.25, 0.3) is 0 Å². The number of ether oxygens (including phenoxy) is 1. The predicted octanol–water partition coefficient (Wildman–Crippen LogP) is 3.22. The first-order valence-electron chi connectivity index (χ1n) is 6.99. The molecule has 2 heterocycles. The molecule has 0 saturated carbocycles. The molecule has 4 heteroatoms. The number of aromatic nitrogens is 3. The van der Waals surface area contributed by atoms with Gasteiger partial charge >= 0.3 is 0 Å². The Bertz CT molecular complexity index is 809. The third-order valence-electron chi connectivity index (χ3n) is 3.98. The summed E-state index contributed by atoms with van der Waals surface area (Å²) in [6, 6.07) is 18.2. The van der Waals surface area contributed by atoms with Crippen LogP contribution in [0.3, 0.4) is 0 Å². The van der Waals surface area contributed by atoms with Crippen molar-refractivity contribution < 1.29 is 4.74 Å². The number of hydrogen-bond acceptors (Lipinski definition) is 3. The fraction of sp³-hybridized carbons (Fsp3) is 0.176. The van der Waals surface area contributed by atoms with Gasteiger partial charge in [-0.25, -0.2) is 4.68 Å². The van der Waals surface area contributed by atoms with Crippen LogP contribution in [0.25, 0.3) is 17.2 Å². The molecule has 1 saturated heterocycles. The van der Waals surface area contributed by atoms with Crippen molar-refractivity contribution in [2.24, 2.45) is 0 Å². The predicted molar refractivity (Wildman–Crippen MR) is 81.5 cm³/mol. The van der Waals surface area contributed by atoms with E-state index in [1.165, 1.54) is 5.56 Å². The van der Waals surface area contributed by atoms with Gasteiger partial charge in [-0.05, 0) is 30.7 Å². The molecule has 104 valence electrons. The molecule has 2 atom stereocenters. The second kappa shape index (κ2) is 4.53. The van der Waals surface area contributed by atoms with E-state index < -0.39 is 0 Å². The van der Waals surface area contributed by atoms with Crippen LogP contribution >= 0.6 is 0 Å². The van der Waals surface area contributed by atoms with E-state index in [2.05, 4.69) is 29.4 Å². The van der Waals surface area contributed by atoms with Crippen molar-refractivity contribution in [2.75, 3.05) is 0 Å². The third-order valence-corrected chi connectivity index (χ3v) is 3.98. The van der Waals surface area contributed by atoms with Crippen molar-refractivity contribution in [1.82, 2.24) is 15.0 Å². The minimum absolute atomic E-state index is 0.0721. The topological polar surface area (TPSA) is 43.2 Å². The molecule has 4 rings (SSSR count). The lowest BCUT2D eigenvalue weighted by atomic mass is 9.97. The Hall–Kier alpha value is -2.46. The van der Waals surface area contributed by atoms with Crippen molar-refractivity contribution in [3.63, 3.8) is 0 Å². The first-order valence-corrected chi connectivity index (χ1v) is 6.99. The molecule has 0 bridgehead atoms. The van der Waals surface area contributed by atoms with Gasteiger partial charge in [0.2, 0.25) is 0 Å². The first kappa shape index (κ1) is 12.3. The quantitative estimate of drug-likeness (QED) is 0.690. The SMILES string of the molecule is CC1(c2ccccc2)OC1C=Cn1nnc2ccccc21. The van der Waals surface area contributed by atoms with Gasteiger partial charge in [0.1, 0.15) is 17.2 Å². The van der Waals surface area contributed by atoms with Crippen molar-refractivity contribution >= 4 is 17.2 Å². The Kier molecular flexibility index (Phi) is 2.65. The van der Waals surface area contributed by atoms with Crippen LogP contribution in [-0.2, 0) is 10.3 Å². The molecule has 0 N–H and O–H groups in total. The Morgan fingerprint density at radius 2 is 1.86 bits per heavy atom. The highest BCUT2D eigenvalue weighted by atomic mass is 16.6. The average molecular weight is 277 g/mol. The first-order chi connectivity index (χ1) is 10.3. The zero-order valence-electron chi connectivity index (χ0n) is 11.7. The summed E-state index contributed by atoms with van der Waals surface area (Å²) in [6.07, 6.45) is 4.03. The van der Waals surface area contributed by atoms with Gasteiger partial charge in [-0.1, -0.05) is 47.7 Å². The molecule has 0 amide bonds. The van der Waals surface area contributed by atoms with Crippen LogP contribution in [0.5, 0.6) is 0 Å². The number of rotatable bonds is 3. The Morgan fingerprint density at radius 1 is 1.10 bits per heavy atom. The molecule has 21 heavy (non-hydrogen) atoms. The lowest BCUT2D eigenvalue weighted by Crippen LogP contribution is -2.05. The minimum atomic E-state index is -0.228. The molecular formula is C17H15N3O. The van der Waals surface area contributed by atoms with E-state index in [1.807, 2.05) is 54.7 Å². The van der Waals surface area contributed by atoms with E-state index in [0.29, 0.717) is 0 Å². The second-order valence-corrected chi connectivity index (χ2v) is 5.38. The van der Waals surface area contributed by atoms with E-state index in [9.17, 15) is 0 Å². The average Bonchev–Trinajstić information content (AvgIpc) is 3.04. The normalized spacial score (nSPS) is 24.7. The van der Waals surface area contributed by atoms with Gasteiger partial charge in [-0.15, -0.1) is 5.10 Å². The number of para-hydroxylation sites is 1. The maximum absolute atomic E-state index is 5.85. The van der Waals surface area contributed by atoms with E-state index in [0.717, 1.165) is 11.0 Å². The molecule has 0 aliphatic carbocycles. The molecule has 2 aromatic carbocycles. The molecule has 0 spiro atoms.